The van der Waals surface area contributed by atoms with E-state index in [4.69, 9.17) is 9.47 Å². The minimum absolute atomic E-state index is 0.424. The molecule has 1 saturated heterocycles. The van der Waals surface area contributed by atoms with Crippen LogP contribution < -0.4 is 5.32 Å². The molecular weight excluding hydrogens is 190 g/mol. The van der Waals surface area contributed by atoms with E-state index in [1.165, 1.54) is 0 Å². The molecule has 0 amide bonds. The average molecular weight is 215 g/mol. The van der Waals surface area contributed by atoms with Crippen molar-refractivity contribution in [2.45, 2.75) is 51.7 Å². The highest BCUT2D eigenvalue weighted by Crippen LogP contribution is 2.12. The minimum atomic E-state index is 0.424. The highest BCUT2D eigenvalue weighted by Gasteiger charge is 2.17. The van der Waals surface area contributed by atoms with Crippen LogP contribution in [0.25, 0.3) is 0 Å². The first-order chi connectivity index (χ1) is 7.33. The lowest BCUT2D eigenvalue weighted by molar-refractivity contribution is 0.0130. The molecule has 1 aliphatic heterocycles. The molecule has 1 aliphatic rings. The zero-order chi connectivity index (χ0) is 10.9. The Morgan fingerprint density at radius 1 is 1.40 bits per heavy atom. The number of rotatable bonds is 7. The summed E-state index contributed by atoms with van der Waals surface area (Å²) in [6.07, 6.45) is 4.96. The van der Waals surface area contributed by atoms with Crippen molar-refractivity contribution in [3.8, 4) is 0 Å². The lowest BCUT2D eigenvalue weighted by Gasteiger charge is -2.28. The van der Waals surface area contributed by atoms with Crippen LogP contribution in [-0.4, -0.2) is 38.5 Å². The minimum Gasteiger partial charge on any atom is -0.381 e. The van der Waals surface area contributed by atoms with Gasteiger partial charge in [-0.25, -0.2) is 0 Å². The maximum Gasteiger partial charge on any atom is 0.0561 e. The fraction of sp³-hybridized carbons (Fsp3) is 1.00. The van der Waals surface area contributed by atoms with Crippen LogP contribution in [0.3, 0.4) is 0 Å². The van der Waals surface area contributed by atoms with Crippen molar-refractivity contribution < 1.29 is 9.47 Å². The third-order valence-corrected chi connectivity index (χ3v) is 2.73. The summed E-state index contributed by atoms with van der Waals surface area (Å²) in [7, 11) is 0. The third-order valence-electron chi connectivity index (χ3n) is 2.73. The van der Waals surface area contributed by atoms with Crippen LogP contribution in [0.15, 0.2) is 0 Å². The highest BCUT2D eigenvalue weighted by atomic mass is 16.5. The van der Waals surface area contributed by atoms with E-state index in [1.54, 1.807) is 0 Å². The van der Waals surface area contributed by atoms with E-state index in [2.05, 4.69) is 19.2 Å². The van der Waals surface area contributed by atoms with Crippen molar-refractivity contribution in [3.05, 3.63) is 0 Å². The van der Waals surface area contributed by atoms with Crippen molar-refractivity contribution in [3.63, 3.8) is 0 Å². The van der Waals surface area contributed by atoms with Crippen LogP contribution in [0, 0.1) is 0 Å². The molecule has 1 fully saturated rings. The first kappa shape index (κ1) is 12.9. The Balaban J connectivity index is 1.90. The maximum absolute atomic E-state index is 5.50. The van der Waals surface area contributed by atoms with E-state index in [1.807, 2.05) is 0 Å². The van der Waals surface area contributed by atoms with Gasteiger partial charge in [-0.3, -0.25) is 0 Å². The van der Waals surface area contributed by atoms with E-state index in [0.717, 1.165) is 52.0 Å². The standard InChI is InChI=1S/C12H25NO2/c1-3-7-14-8-4-6-13-12-5-9-15-11(2)10-12/h11-13H,3-10H2,1-2H3. The van der Waals surface area contributed by atoms with Gasteiger partial charge in [0, 0.05) is 25.9 Å². The topological polar surface area (TPSA) is 30.5 Å². The van der Waals surface area contributed by atoms with Gasteiger partial charge in [0.05, 0.1) is 6.10 Å². The molecule has 3 heteroatoms. The predicted molar refractivity (Wildman–Crippen MR) is 62.2 cm³/mol. The second-order valence-electron chi connectivity index (χ2n) is 4.32. The third kappa shape index (κ3) is 6.13. The first-order valence-corrected chi connectivity index (χ1v) is 6.25. The fourth-order valence-electron chi connectivity index (χ4n) is 1.91. The van der Waals surface area contributed by atoms with Gasteiger partial charge in [0.1, 0.15) is 0 Å². The molecular formula is C12H25NO2. The van der Waals surface area contributed by atoms with E-state index in [-0.39, 0.29) is 0 Å². The van der Waals surface area contributed by atoms with E-state index >= 15 is 0 Å². The summed E-state index contributed by atoms with van der Waals surface area (Å²) in [5.74, 6) is 0. The first-order valence-electron chi connectivity index (χ1n) is 6.25. The van der Waals surface area contributed by atoms with Crippen molar-refractivity contribution in [2.24, 2.45) is 0 Å². The molecule has 0 aromatic rings. The van der Waals surface area contributed by atoms with Gasteiger partial charge >= 0.3 is 0 Å². The normalized spacial score (nSPS) is 26.8. The van der Waals surface area contributed by atoms with E-state index in [9.17, 15) is 0 Å². The van der Waals surface area contributed by atoms with Crippen LogP contribution >= 0.6 is 0 Å². The second kappa shape index (κ2) is 8.08. The lowest BCUT2D eigenvalue weighted by atomic mass is 10.0. The van der Waals surface area contributed by atoms with Crippen molar-refractivity contribution >= 4 is 0 Å². The van der Waals surface area contributed by atoms with E-state index in [0.29, 0.717) is 12.1 Å². The molecule has 2 atom stereocenters. The predicted octanol–water partition coefficient (Wildman–Crippen LogP) is 1.96. The van der Waals surface area contributed by atoms with Crippen LogP contribution in [0.1, 0.15) is 39.5 Å². The summed E-state index contributed by atoms with van der Waals surface area (Å²) in [6.45, 7) is 8.06. The van der Waals surface area contributed by atoms with Crippen molar-refractivity contribution in [1.29, 1.82) is 0 Å². The monoisotopic (exact) mass is 215 g/mol. The molecule has 0 aromatic heterocycles. The molecule has 0 bridgehead atoms. The summed E-state index contributed by atoms with van der Waals surface area (Å²) in [5, 5.41) is 3.57. The Hall–Kier alpha value is -0.120. The van der Waals surface area contributed by atoms with Crippen LogP contribution in [0.2, 0.25) is 0 Å². The number of hydrogen-bond acceptors (Lipinski definition) is 3. The molecule has 2 unspecified atom stereocenters. The summed E-state index contributed by atoms with van der Waals surface area (Å²) >= 11 is 0. The van der Waals surface area contributed by atoms with Gasteiger partial charge in [-0.2, -0.15) is 0 Å². The second-order valence-corrected chi connectivity index (χ2v) is 4.32. The van der Waals surface area contributed by atoms with Gasteiger partial charge in [0.15, 0.2) is 0 Å². The van der Waals surface area contributed by atoms with E-state index < -0.39 is 0 Å². The Morgan fingerprint density at radius 3 is 3.00 bits per heavy atom. The Bertz CT molecular complexity index is 153. The molecule has 15 heavy (non-hydrogen) atoms. The fourth-order valence-corrected chi connectivity index (χ4v) is 1.91. The molecule has 0 saturated carbocycles. The molecule has 3 nitrogen and oxygen atoms in total. The largest absolute Gasteiger partial charge is 0.381 e. The SMILES string of the molecule is CCCOCCCNC1CCOC(C)C1. The highest BCUT2D eigenvalue weighted by molar-refractivity contribution is 4.74. The van der Waals surface area contributed by atoms with Crippen LogP contribution in [-0.2, 0) is 9.47 Å². The summed E-state index contributed by atoms with van der Waals surface area (Å²) in [6, 6.07) is 0.653. The Morgan fingerprint density at radius 2 is 2.27 bits per heavy atom. The van der Waals surface area contributed by atoms with Crippen LogP contribution in [0.5, 0.6) is 0 Å². The quantitative estimate of drug-likeness (QED) is 0.659. The van der Waals surface area contributed by atoms with Gasteiger partial charge in [-0.15, -0.1) is 0 Å². The van der Waals surface area contributed by atoms with Gasteiger partial charge in [-0.1, -0.05) is 6.92 Å². The molecule has 0 spiro atoms. The molecule has 1 heterocycles. The molecule has 1 N–H and O–H groups in total. The molecule has 90 valence electrons. The zero-order valence-corrected chi connectivity index (χ0v) is 10.1. The molecule has 0 radical (unpaired) electrons. The zero-order valence-electron chi connectivity index (χ0n) is 10.1. The average Bonchev–Trinajstić information content (AvgIpc) is 2.23. The number of ether oxygens (including phenoxy) is 2. The Kier molecular flexibility index (Phi) is 6.98. The Labute approximate surface area is 93.5 Å². The summed E-state index contributed by atoms with van der Waals surface area (Å²) in [5.41, 5.74) is 0. The van der Waals surface area contributed by atoms with Gasteiger partial charge in [0.2, 0.25) is 0 Å². The molecule has 0 aliphatic carbocycles. The van der Waals surface area contributed by atoms with Crippen molar-refractivity contribution in [2.75, 3.05) is 26.4 Å². The van der Waals surface area contributed by atoms with Crippen molar-refractivity contribution in [1.82, 2.24) is 5.32 Å². The molecule has 0 aromatic carbocycles. The summed E-state index contributed by atoms with van der Waals surface area (Å²) < 4.78 is 10.9. The summed E-state index contributed by atoms with van der Waals surface area (Å²) in [4.78, 5) is 0. The number of nitrogens with one attached hydrogen (secondary N) is 1. The number of hydrogen-bond donors (Lipinski definition) is 1. The van der Waals surface area contributed by atoms with Gasteiger partial charge < -0.3 is 14.8 Å². The lowest BCUT2D eigenvalue weighted by Crippen LogP contribution is -2.38. The van der Waals surface area contributed by atoms with Gasteiger partial charge in [0.25, 0.3) is 0 Å². The van der Waals surface area contributed by atoms with Crippen LogP contribution in [0.4, 0.5) is 0 Å². The smallest absolute Gasteiger partial charge is 0.0561 e. The maximum atomic E-state index is 5.50. The van der Waals surface area contributed by atoms with Gasteiger partial charge in [-0.05, 0) is 39.2 Å². The molecule has 1 rings (SSSR count).